The predicted molar refractivity (Wildman–Crippen MR) is 67.8 cm³/mol. The Morgan fingerprint density at radius 3 is 2.71 bits per heavy atom. The van der Waals surface area contributed by atoms with Gasteiger partial charge >= 0.3 is 0 Å². The molecular weight excluding hydrogens is 236 g/mol. The number of aromatic nitrogens is 3. The van der Waals surface area contributed by atoms with E-state index in [1.807, 2.05) is 30.3 Å². The summed E-state index contributed by atoms with van der Waals surface area (Å²) in [4.78, 5) is 8.41. The Hall–Kier alpha value is -2.07. The van der Waals surface area contributed by atoms with Crippen molar-refractivity contribution < 1.29 is 0 Å². The molecular formula is C12H9ClN4. The van der Waals surface area contributed by atoms with Gasteiger partial charge in [0.1, 0.15) is 10.8 Å². The third-order valence-corrected chi connectivity index (χ3v) is 2.92. The molecule has 3 aromatic rings. The summed E-state index contributed by atoms with van der Waals surface area (Å²) in [6.45, 7) is 0. The van der Waals surface area contributed by atoms with Crippen molar-refractivity contribution in [1.82, 2.24) is 14.4 Å². The minimum atomic E-state index is 0.373. The molecule has 0 fully saturated rings. The number of nitrogen functional groups attached to an aromatic ring is 1. The van der Waals surface area contributed by atoms with Gasteiger partial charge in [0.05, 0.1) is 0 Å². The molecule has 0 unspecified atom stereocenters. The fraction of sp³-hybridized carbons (Fsp3) is 0. The molecule has 84 valence electrons. The summed E-state index contributed by atoms with van der Waals surface area (Å²) in [6.07, 6.45) is 3.41. The summed E-state index contributed by atoms with van der Waals surface area (Å²) in [5.74, 6) is 0.373. The summed E-state index contributed by atoms with van der Waals surface area (Å²) in [6, 6.07) is 9.69. The number of fused-ring (bicyclic) bond motifs is 1. The van der Waals surface area contributed by atoms with Crippen LogP contribution in [-0.4, -0.2) is 14.4 Å². The molecule has 4 nitrogen and oxygen atoms in total. The SMILES string of the molecule is Nc1nc(-c2ccccc2)c(Cl)n2ccnc12. The van der Waals surface area contributed by atoms with Crippen LogP contribution in [0.4, 0.5) is 5.82 Å². The van der Waals surface area contributed by atoms with Crippen LogP contribution < -0.4 is 5.73 Å². The van der Waals surface area contributed by atoms with Gasteiger partial charge in [-0.1, -0.05) is 41.9 Å². The molecule has 0 amide bonds. The Bertz CT molecular complexity index is 676. The Balaban J connectivity index is 2.34. The van der Waals surface area contributed by atoms with Gasteiger partial charge in [0, 0.05) is 18.0 Å². The zero-order valence-corrected chi connectivity index (χ0v) is 9.59. The number of hydrogen-bond acceptors (Lipinski definition) is 3. The lowest BCUT2D eigenvalue weighted by Crippen LogP contribution is -2.00. The molecule has 0 aliphatic carbocycles. The van der Waals surface area contributed by atoms with Gasteiger partial charge in [-0.25, -0.2) is 9.97 Å². The number of anilines is 1. The highest BCUT2D eigenvalue weighted by molar-refractivity contribution is 6.32. The summed E-state index contributed by atoms with van der Waals surface area (Å²) in [7, 11) is 0. The van der Waals surface area contributed by atoms with Crippen LogP contribution in [-0.2, 0) is 0 Å². The van der Waals surface area contributed by atoms with Gasteiger partial charge in [0.25, 0.3) is 0 Å². The van der Waals surface area contributed by atoms with Crippen molar-refractivity contribution in [3.63, 3.8) is 0 Å². The molecule has 2 N–H and O–H groups in total. The number of benzene rings is 1. The van der Waals surface area contributed by atoms with Gasteiger partial charge in [-0.15, -0.1) is 0 Å². The molecule has 0 spiro atoms. The monoisotopic (exact) mass is 244 g/mol. The Labute approximate surface area is 103 Å². The largest absolute Gasteiger partial charge is 0.381 e. The molecule has 0 bridgehead atoms. The maximum Gasteiger partial charge on any atom is 0.181 e. The molecule has 3 rings (SSSR count). The minimum absolute atomic E-state index is 0.373. The zero-order chi connectivity index (χ0) is 11.8. The fourth-order valence-electron chi connectivity index (χ4n) is 1.76. The summed E-state index contributed by atoms with van der Waals surface area (Å²) >= 11 is 6.29. The predicted octanol–water partition coefficient (Wildman–Crippen LogP) is 2.63. The number of rotatable bonds is 1. The van der Waals surface area contributed by atoms with Crippen molar-refractivity contribution in [3.8, 4) is 11.3 Å². The molecule has 2 heterocycles. The van der Waals surface area contributed by atoms with Gasteiger partial charge < -0.3 is 5.73 Å². The quantitative estimate of drug-likeness (QED) is 0.716. The maximum atomic E-state index is 6.29. The van der Waals surface area contributed by atoms with E-state index in [-0.39, 0.29) is 0 Å². The molecule has 1 aromatic carbocycles. The maximum absolute atomic E-state index is 6.29. The van der Waals surface area contributed by atoms with Gasteiger partial charge in [-0.3, -0.25) is 4.40 Å². The first-order valence-corrected chi connectivity index (χ1v) is 5.48. The van der Waals surface area contributed by atoms with Crippen LogP contribution in [0, 0.1) is 0 Å². The Morgan fingerprint density at radius 1 is 1.18 bits per heavy atom. The molecule has 0 radical (unpaired) electrons. The normalized spacial score (nSPS) is 10.9. The standard InChI is InChI=1S/C12H9ClN4/c13-10-9(8-4-2-1-3-5-8)16-11(14)12-15-6-7-17(10)12/h1-7H,(H2,14,16). The van der Waals surface area contributed by atoms with Crippen molar-refractivity contribution in [2.45, 2.75) is 0 Å². The highest BCUT2D eigenvalue weighted by atomic mass is 35.5. The van der Waals surface area contributed by atoms with Crippen molar-refractivity contribution in [3.05, 3.63) is 47.9 Å². The number of nitrogens with zero attached hydrogens (tertiary/aromatic N) is 3. The highest BCUT2D eigenvalue weighted by Gasteiger charge is 2.12. The fourth-order valence-corrected chi connectivity index (χ4v) is 2.05. The first kappa shape index (κ1) is 10.1. The molecule has 0 aliphatic rings. The minimum Gasteiger partial charge on any atom is -0.381 e. The van der Waals surface area contributed by atoms with E-state index < -0.39 is 0 Å². The molecule has 17 heavy (non-hydrogen) atoms. The van der Waals surface area contributed by atoms with Gasteiger partial charge in [-0.2, -0.15) is 0 Å². The van der Waals surface area contributed by atoms with Gasteiger partial charge in [0.2, 0.25) is 0 Å². The topological polar surface area (TPSA) is 56.2 Å². The van der Waals surface area contributed by atoms with Crippen LogP contribution in [0.5, 0.6) is 0 Å². The van der Waals surface area contributed by atoms with Crippen LogP contribution in [0.1, 0.15) is 0 Å². The van der Waals surface area contributed by atoms with Crippen LogP contribution in [0.25, 0.3) is 16.9 Å². The van der Waals surface area contributed by atoms with Crippen molar-refractivity contribution >= 4 is 23.1 Å². The smallest absolute Gasteiger partial charge is 0.181 e. The lowest BCUT2D eigenvalue weighted by atomic mass is 10.2. The second-order valence-corrected chi connectivity index (χ2v) is 3.98. The lowest BCUT2D eigenvalue weighted by molar-refractivity contribution is 1.14. The van der Waals surface area contributed by atoms with E-state index in [0.717, 1.165) is 5.56 Å². The highest BCUT2D eigenvalue weighted by Crippen LogP contribution is 2.28. The van der Waals surface area contributed by atoms with E-state index in [1.165, 1.54) is 0 Å². The molecule has 2 aromatic heterocycles. The number of halogens is 1. The van der Waals surface area contributed by atoms with E-state index in [9.17, 15) is 0 Å². The second-order valence-electron chi connectivity index (χ2n) is 3.62. The number of hydrogen-bond donors (Lipinski definition) is 1. The zero-order valence-electron chi connectivity index (χ0n) is 8.84. The molecule has 0 saturated heterocycles. The van der Waals surface area contributed by atoms with E-state index in [0.29, 0.717) is 22.3 Å². The Kier molecular flexibility index (Phi) is 2.23. The average Bonchev–Trinajstić information content (AvgIpc) is 2.85. The van der Waals surface area contributed by atoms with Crippen molar-refractivity contribution in [1.29, 1.82) is 0 Å². The molecule has 0 aliphatic heterocycles. The van der Waals surface area contributed by atoms with Crippen molar-refractivity contribution in [2.24, 2.45) is 0 Å². The average molecular weight is 245 g/mol. The molecule has 0 atom stereocenters. The lowest BCUT2D eigenvalue weighted by Gasteiger charge is -2.07. The first-order chi connectivity index (χ1) is 8.27. The van der Waals surface area contributed by atoms with Crippen molar-refractivity contribution in [2.75, 3.05) is 5.73 Å². The summed E-state index contributed by atoms with van der Waals surface area (Å²) in [5, 5.41) is 0.512. The summed E-state index contributed by atoms with van der Waals surface area (Å²) < 4.78 is 1.73. The third kappa shape index (κ3) is 1.54. The Morgan fingerprint density at radius 2 is 1.94 bits per heavy atom. The molecule has 5 heteroatoms. The van der Waals surface area contributed by atoms with E-state index in [4.69, 9.17) is 17.3 Å². The van der Waals surface area contributed by atoms with Gasteiger partial charge in [-0.05, 0) is 0 Å². The second kappa shape index (κ2) is 3.75. The van der Waals surface area contributed by atoms with Crippen LogP contribution >= 0.6 is 11.6 Å². The van der Waals surface area contributed by atoms with Crippen LogP contribution in [0.2, 0.25) is 5.15 Å². The number of nitrogens with two attached hydrogens (primary N) is 1. The van der Waals surface area contributed by atoms with Crippen LogP contribution in [0.3, 0.4) is 0 Å². The summed E-state index contributed by atoms with van der Waals surface area (Å²) in [5.41, 5.74) is 8.03. The van der Waals surface area contributed by atoms with Gasteiger partial charge in [0.15, 0.2) is 11.5 Å². The van der Waals surface area contributed by atoms with E-state index in [2.05, 4.69) is 9.97 Å². The first-order valence-electron chi connectivity index (χ1n) is 5.11. The van der Waals surface area contributed by atoms with E-state index in [1.54, 1.807) is 16.8 Å². The number of imidazole rings is 1. The van der Waals surface area contributed by atoms with E-state index >= 15 is 0 Å². The molecule has 0 saturated carbocycles. The van der Waals surface area contributed by atoms with Crippen LogP contribution in [0.15, 0.2) is 42.7 Å². The third-order valence-electron chi connectivity index (χ3n) is 2.56.